The van der Waals surface area contributed by atoms with E-state index < -0.39 is 0 Å². The Morgan fingerprint density at radius 1 is 0.812 bits per heavy atom. The molecule has 0 amide bonds. The molecule has 0 fully saturated rings. The fourth-order valence-electron chi connectivity index (χ4n) is 1.57. The van der Waals surface area contributed by atoms with Gasteiger partial charge in [-0.15, -0.1) is 0 Å². The SMILES string of the molecule is CCC#Cc1ccc(-c2ccccc2)cc1. The molecule has 0 nitrogen and oxygen atoms in total. The van der Waals surface area contributed by atoms with Crippen molar-refractivity contribution < 1.29 is 0 Å². The topological polar surface area (TPSA) is 0 Å². The van der Waals surface area contributed by atoms with Crippen LogP contribution in [0.3, 0.4) is 0 Å². The molecule has 2 aromatic carbocycles. The third kappa shape index (κ3) is 2.52. The van der Waals surface area contributed by atoms with Crippen LogP contribution in [0.2, 0.25) is 0 Å². The molecular formula is C16H14. The van der Waals surface area contributed by atoms with Gasteiger partial charge in [0, 0.05) is 12.0 Å². The monoisotopic (exact) mass is 206 g/mol. The van der Waals surface area contributed by atoms with Crippen LogP contribution in [-0.4, -0.2) is 0 Å². The van der Waals surface area contributed by atoms with Gasteiger partial charge in [-0.3, -0.25) is 0 Å². The second kappa shape index (κ2) is 5.19. The van der Waals surface area contributed by atoms with Crippen molar-refractivity contribution in [2.24, 2.45) is 0 Å². The molecule has 0 bridgehead atoms. The summed E-state index contributed by atoms with van der Waals surface area (Å²) in [6, 6.07) is 18.8. The molecule has 0 radical (unpaired) electrons. The lowest BCUT2D eigenvalue weighted by Crippen LogP contribution is -1.78. The van der Waals surface area contributed by atoms with Gasteiger partial charge in [-0.25, -0.2) is 0 Å². The van der Waals surface area contributed by atoms with Crippen LogP contribution in [-0.2, 0) is 0 Å². The summed E-state index contributed by atoms with van der Waals surface area (Å²) in [5, 5.41) is 0. The molecule has 0 aliphatic carbocycles. The predicted molar refractivity (Wildman–Crippen MR) is 69.0 cm³/mol. The molecule has 0 heterocycles. The van der Waals surface area contributed by atoms with Crippen molar-refractivity contribution in [1.29, 1.82) is 0 Å². The Balaban J connectivity index is 2.26. The van der Waals surface area contributed by atoms with Gasteiger partial charge in [0.1, 0.15) is 0 Å². The third-order valence-electron chi connectivity index (χ3n) is 2.40. The zero-order valence-electron chi connectivity index (χ0n) is 9.40. The van der Waals surface area contributed by atoms with Gasteiger partial charge in [-0.05, 0) is 23.3 Å². The van der Waals surface area contributed by atoms with Crippen LogP contribution in [0.5, 0.6) is 0 Å². The van der Waals surface area contributed by atoms with E-state index in [1.54, 1.807) is 0 Å². The molecule has 0 N–H and O–H groups in total. The lowest BCUT2D eigenvalue weighted by Gasteiger charge is -2.00. The van der Waals surface area contributed by atoms with Crippen molar-refractivity contribution in [3.63, 3.8) is 0 Å². The van der Waals surface area contributed by atoms with E-state index in [9.17, 15) is 0 Å². The number of hydrogen-bond acceptors (Lipinski definition) is 0. The van der Waals surface area contributed by atoms with Gasteiger partial charge in [0.15, 0.2) is 0 Å². The fourth-order valence-corrected chi connectivity index (χ4v) is 1.57. The van der Waals surface area contributed by atoms with Crippen LogP contribution in [0.25, 0.3) is 11.1 Å². The maximum atomic E-state index is 3.12. The molecule has 78 valence electrons. The average molecular weight is 206 g/mol. The molecule has 0 saturated heterocycles. The lowest BCUT2D eigenvalue weighted by atomic mass is 10.0. The maximum absolute atomic E-state index is 3.12. The summed E-state index contributed by atoms with van der Waals surface area (Å²) < 4.78 is 0. The quantitative estimate of drug-likeness (QED) is 0.616. The van der Waals surface area contributed by atoms with Crippen LogP contribution in [0.4, 0.5) is 0 Å². The molecule has 0 aromatic heterocycles. The van der Waals surface area contributed by atoms with Crippen LogP contribution < -0.4 is 0 Å². The van der Waals surface area contributed by atoms with Crippen molar-refractivity contribution in [3.8, 4) is 23.0 Å². The Morgan fingerprint density at radius 3 is 2.06 bits per heavy atom. The van der Waals surface area contributed by atoms with Crippen molar-refractivity contribution in [2.45, 2.75) is 13.3 Å². The molecule has 2 rings (SSSR count). The average Bonchev–Trinajstić information content (AvgIpc) is 2.38. The van der Waals surface area contributed by atoms with Crippen LogP contribution in [0, 0.1) is 11.8 Å². The van der Waals surface area contributed by atoms with E-state index in [1.165, 1.54) is 11.1 Å². The summed E-state index contributed by atoms with van der Waals surface area (Å²) >= 11 is 0. The summed E-state index contributed by atoms with van der Waals surface area (Å²) in [7, 11) is 0. The molecule has 0 saturated carbocycles. The largest absolute Gasteiger partial charge is 0.0982 e. The first kappa shape index (κ1) is 10.5. The molecule has 16 heavy (non-hydrogen) atoms. The maximum Gasteiger partial charge on any atom is 0.0245 e. The van der Waals surface area contributed by atoms with Crippen LogP contribution in [0.1, 0.15) is 18.9 Å². The Labute approximate surface area is 96.9 Å². The molecule has 0 spiro atoms. The van der Waals surface area contributed by atoms with Crippen LogP contribution in [0.15, 0.2) is 54.6 Å². The Kier molecular flexibility index (Phi) is 3.41. The molecule has 0 heteroatoms. The van der Waals surface area contributed by atoms with E-state index in [4.69, 9.17) is 0 Å². The van der Waals surface area contributed by atoms with Crippen molar-refractivity contribution in [2.75, 3.05) is 0 Å². The summed E-state index contributed by atoms with van der Waals surface area (Å²) in [5.41, 5.74) is 3.57. The van der Waals surface area contributed by atoms with Gasteiger partial charge in [0.25, 0.3) is 0 Å². The Morgan fingerprint density at radius 2 is 1.44 bits per heavy atom. The van der Waals surface area contributed by atoms with E-state index >= 15 is 0 Å². The smallest absolute Gasteiger partial charge is 0.0245 e. The molecule has 0 unspecified atom stereocenters. The third-order valence-corrected chi connectivity index (χ3v) is 2.40. The van der Waals surface area contributed by atoms with Gasteiger partial charge >= 0.3 is 0 Å². The van der Waals surface area contributed by atoms with Crippen molar-refractivity contribution in [3.05, 3.63) is 60.2 Å². The number of rotatable bonds is 1. The zero-order chi connectivity index (χ0) is 11.2. The summed E-state index contributed by atoms with van der Waals surface area (Å²) in [5.74, 6) is 6.20. The highest BCUT2D eigenvalue weighted by Gasteiger charge is 1.95. The minimum Gasteiger partial charge on any atom is -0.0982 e. The molecule has 0 atom stereocenters. The summed E-state index contributed by atoms with van der Waals surface area (Å²) in [6.07, 6.45) is 0.903. The van der Waals surface area contributed by atoms with Crippen molar-refractivity contribution in [1.82, 2.24) is 0 Å². The van der Waals surface area contributed by atoms with Gasteiger partial charge in [-0.1, -0.05) is 61.2 Å². The minimum atomic E-state index is 0.903. The van der Waals surface area contributed by atoms with Gasteiger partial charge in [0.2, 0.25) is 0 Å². The first-order valence-electron chi connectivity index (χ1n) is 5.54. The number of benzene rings is 2. The lowest BCUT2D eigenvalue weighted by molar-refractivity contribution is 1.28. The van der Waals surface area contributed by atoms with E-state index in [2.05, 4.69) is 67.3 Å². The highest BCUT2D eigenvalue weighted by molar-refractivity contribution is 5.64. The highest BCUT2D eigenvalue weighted by atomic mass is 14.0. The first-order valence-corrected chi connectivity index (χ1v) is 5.54. The number of hydrogen-bond donors (Lipinski definition) is 0. The van der Waals surface area contributed by atoms with E-state index in [0.29, 0.717) is 0 Å². The minimum absolute atomic E-state index is 0.903. The Bertz CT molecular complexity index is 495. The second-order valence-corrected chi connectivity index (χ2v) is 3.60. The standard InChI is InChI=1S/C16H14/c1-2-3-7-14-10-12-16(13-11-14)15-8-5-4-6-9-15/h4-6,8-13H,2H2,1H3. The van der Waals surface area contributed by atoms with E-state index in [1.807, 2.05) is 6.07 Å². The molecular weight excluding hydrogens is 192 g/mol. The van der Waals surface area contributed by atoms with Gasteiger partial charge in [-0.2, -0.15) is 0 Å². The van der Waals surface area contributed by atoms with Crippen LogP contribution >= 0.6 is 0 Å². The molecule has 0 aliphatic rings. The molecule has 0 aliphatic heterocycles. The van der Waals surface area contributed by atoms with E-state index in [-0.39, 0.29) is 0 Å². The summed E-state index contributed by atoms with van der Waals surface area (Å²) in [6.45, 7) is 2.06. The Hall–Kier alpha value is -2.00. The highest BCUT2D eigenvalue weighted by Crippen LogP contribution is 2.18. The molecule has 2 aromatic rings. The van der Waals surface area contributed by atoms with Gasteiger partial charge < -0.3 is 0 Å². The first-order chi connectivity index (χ1) is 7.90. The second-order valence-electron chi connectivity index (χ2n) is 3.60. The van der Waals surface area contributed by atoms with Gasteiger partial charge in [0.05, 0.1) is 0 Å². The fraction of sp³-hybridized carbons (Fsp3) is 0.125. The normalized spacial score (nSPS) is 9.31. The predicted octanol–water partition coefficient (Wildman–Crippen LogP) is 4.12. The zero-order valence-corrected chi connectivity index (χ0v) is 9.40. The van der Waals surface area contributed by atoms with Crippen molar-refractivity contribution >= 4 is 0 Å². The van der Waals surface area contributed by atoms with E-state index in [0.717, 1.165) is 12.0 Å². The summed E-state index contributed by atoms with van der Waals surface area (Å²) in [4.78, 5) is 0.